The van der Waals surface area contributed by atoms with Gasteiger partial charge in [-0.15, -0.1) is 0 Å². The molecule has 0 fully saturated rings. The van der Waals surface area contributed by atoms with Crippen molar-refractivity contribution < 1.29 is 23.1 Å². The van der Waals surface area contributed by atoms with Gasteiger partial charge in [0.05, 0.1) is 5.56 Å². The lowest BCUT2D eigenvalue weighted by Crippen LogP contribution is -2.23. The predicted octanol–water partition coefficient (Wildman–Crippen LogP) is 5.01. The van der Waals surface area contributed by atoms with Crippen LogP contribution in [0.15, 0.2) is 36.4 Å². The van der Waals surface area contributed by atoms with Crippen molar-refractivity contribution >= 4 is 17.6 Å². The first kappa shape index (κ1) is 20.6. The largest absolute Gasteiger partial charge is 0.452 e. The number of rotatable bonds is 6. The first-order valence-corrected chi connectivity index (χ1v) is 8.75. The minimum Gasteiger partial charge on any atom is -0.452 e. The van der Waals surface area contributed by atoms with Gasteiger partial charge in [-0.2, -0.15) is 0 Å². The molecule has 1 N–H and O–H groups in total. The lowest BCUT2D eigenvalue weighted by atomic mass is 9.92. The van der Waals surface area contributed by atoms with Crippen molar-refractivity contribution in [2.45, 2.75) is 39.5 Å². The van der Waals surface area contributed by atoms with Crippen molar-refractivity contribution in [3.8, 4) is 0 Å². The number of ether oxygens (including phenoxy) is 1. The van der Waals surface area contributed by atoms with Gasteiger partial charge in [0.2, 0.25) is 0 Å². The van der Waals surface area contributed by atoms with E-state index >= 15 is 0 Å². The van der Waals surface area contributed by atoms with Crippen LogP contribution >= 0.6 is 0 Å². The maximum absolute atomic E-state index is 13.6. The van der Waals surface area contributed by atoms with E-state index in [0.29, 0.717) is 11.8 Å². The molecule has 0 aliphatic carbocycles. The third-order valence-corrected chi connectivity index (χ3v) is 4.12. The number of hydrogen-bond acceptors (Lipinski definition) is 3. The average molecular weight is 375 g/mol. The number of esters is 1. The Bertz CT molecular complexity index is 821. The Kier molecular flexibility index (Phi) is 6.66. The maximum Gasteiger partial charge on any atom is 0.341 e. The van der Waals surface area contributed by atoms with Crippen LogP contribution in [0.5, 0.6) is 0 Å². The molecule has 0 radical (unpaired) electrons. The number of nitrogens with one attached hydrogen (secondary N) is 1. The summed E-state index contributed by atoms with van der Waals surface area (Å²) in [5, 5.41) is 2.80. The summed E-state index contributed by atoms with van der Waals surface area (Å²) in [6, 6.07) is 8.34. The van der Waals surface area contributed by atoms with Crippen LogP contribution in [0, 0.1) is 11.6 Å². The molecule has 0 atom stereocenters. The van der Waals surface area contributed by atoms with Crippen LogP contribution in [0.2, 0.25) is 0 Å². The van der Waals surface area contributed by atoms with Gasteiger partial charge in [-0.3, -0.25) is 4.79 Å². The Morgan fingerprint density at radius 2 is 1.59 bits per heavy atom. The number of carbonyl (C=O) groups excluding carboxylic acids is 2. The zero-order chi connectivity index (χ0) is 20.1. The van der Waals surface area contributed by atoms with E-state index in [1.165, 1.54) is 0 Å². The summed E-state index contributed by atoms with van der Waals surface area (Å²) in [4.78, 5) is 24.2. The minimum atomic E-state index is -1.03. The van der Waals surface area contributed by atoms with Gasteiger partial charge >= 0.3 is 5.97 Å². The van der Waals surface area contributed by atoms with E-state index in [9.17, 15) is 18.4 Å². The lowest BCUT2D eigenvalue weighted by molar-refractivity contribution is -0.119. The summed E-state index contributed by atoms with van der Waals surface area (Å²) < 4.78 is 31.4. The molecule has 0 aromatic heterocycles. The highest BCUT2D eigenvalue weighted by Crippen LogP contribution is 2.32. The zero-order valence-corrected chi connectivity index (χ0v) is 15.8. The van der Waals surface area contributed by atoms with Crippen LogP contribution in [0.4, 0.5) is 14.5 Å². The van der Waals surface area contributed by atoms with E-state index in [1.54, 1.807) is 0 Å². The second kappa shape index (κ2) is 8.75. The smallest absolute Gasteiger partial charge is 0.341 e. The molecule has 4 nitrogen and oxygen atoms in total. The fraction of sp³-hybridized carbons (Fsp3) is 0.333. The molecule has 0 saturated carbocycles. The Balaban J connectivity index is 2.11. The lowest BCUT2D eigenvalue weighted by Gasteiger charge is -2.20. The minimum absolute atomic E-state index is 0.190. The highest BCUT2D eigenvalue weighted by Gasteiger charge is 2.18. The number of amides is 1. The molecule has 0 spiro atoms. The van der Waals surface area contributed by atoms with Gasteiger partial charge in [0.25, 0.3) is 5.91 Å². The van der Waals surface area contributed by atoms with E-state index < -0.39 is 35.7 Å². The van der Waals surface area contributed by atoms with Crippen LogP contribution in [0.1, 0.15) is 61.0 Å². The standard InChI is InChI=1S/C21H23F2NO3/c1-12(2)15-6-5-7-16(13(3)4)20(15)24-19(25)11-27-21(26)17-9-8-14(22)10-18(17)23/h5-10,12-13H,11H2,1-4H3,(H,24,25). The molecule has 6 heteroatoms. The third-order valence-electron chi connectivity index (χ3n) is 4.12. The molecule has 0 heterocycles. The summed E-state index contributed by atoms with van der Waals surface area (Å²) in [6.45, 7) is 7.51. The second-order valence-corrected chi connectivity index (χ2v) is 6.87. The molecule has 2 aromatic rings. The first-order valence-electron chi connectivity index (χ1n) is 8.75. The molecule has 2 aromatic carbocycles. The van der Waals surface area contributed by atoms with Crippen molar-refractivity contribution in [1.82, 2.24) is 0 Å². The normalized spacial score (nSPS) is 11.0. The monoisotopic (exact) mass is 375 g/mol. The molecule has 0 aliphatic rings. The topological polar surface area (TPSA) is 55.4 Å². The van der Waals surface area contributed by atoms with Gasteiger partial charge in [-0.05, 0) is 35.1 Å². The Morgan fingerprint density at radius 1 is 1.00 bits per heavy atom. The Labute approximate surface area is 157 Å². The number of para-hydroxylation sites is 1. The molecule has 0 unspecified atom stereocenters. The molecular weight excluding hydrogens is 352 g/mol. The Hall–Kier alpha value is -2.76. The van der Waals surface area contributed by atoms with Crippen molar-refractivity contribution in [3.05, 3.63) is 64.7 Å². The van der Waals surface area contributed by atoms with Crippen LogP contribution < -0.4 is 5.32 Å². The van der Waals surface area contributed by atoms with Gasteiger partial charge in [0.1, 0.15) is 11.6 Å². The predicted molar refractivity (Wildman–Crippen MR) is 99.9 cm³/mol. The van der Waals surface area contributed by atoms with Crippen LogP contribution in [0.25, 0.3) is 0 Å². The fourth-order valence-corrected chi connectivity index (χ4v) is 2.73. The number of hydrogen-bond donors (Lipinski definition) is 1. The van der Waals surface area contributed by atoms with E-state index in [1.807, 2.05) is 45.9 Å². The van der Waals surface area contributed by atoms with Crippen molar-refractivity contribution in [2.75, 3.05) is 11.9 Å². The molecule has 27 heavy (non-hydrogen) atoms. The van der Waals surface area contributed by atoms with Gasteiger partial charge in [0, 0.05) is 11.8 Å². The number of benzene rings is 2. The quantitative estimate of drug-likeness (QED) is 0.723. The third kappa shape index (κ3) is 5.12. The van der Waals surface area contributed by atoms with Gasteiger partial charge < -0.3 is 10.1 Å². The molecule has 0 bridgehead atoms. The fourth-order valence-electron chi connectivity index (χ4n) is 2.73. The Morgan fingerprint density at radius 3 is 2.11 bits per heavy atom. The molecule has 144 valence electrons. The van der Waals surface area contributed by atoms with E-state index in [-0.39, 0.29) is 11.8 Å². The highest BCUT2D eigenvalue weighted by molar-refractivity contribution is 5.96. The van der Waals surface area contributed by atoms with Crippen LogP contribution in [-0.4, -0.2) is 18.5 Å². The number of carbonyl (C=O) groups is 2. The van der Waals surface area contributed by atoms with Crippen molar-refractivity contribution in [2.24, 2.45) is 0 Å². The maximum atomic E-state index is 13.6. The highest BCUT2D eigenvalue weighted by atomic mass is 19.1. The molecule has 0 saturated heterocycles. The second-order valence-electron chi connectivity index (χ2n) is 6.87. The number of anilines is 1. The molecule has 0 aliphatic heterocycles. The summed E-state index contributed by atoms with van der Waals surface area (Å²) >= 11 is 0. The summed E-state index contributed by atoms with van der Waals surface area (Å²) in [5.41, 5.74) is 2.24. The van der Waals surface area contributed by atoms with Gasteiger partial charge in [-0.1, -0.05) is 45.9 Å². The van der Waals surface area contributed by atoms with Gasteiger partial charge in [-0.25, -0.2) is 13.6 Å². The SMILES string of the molecule is CC(C)c1cccc(C(C)C)c1NC(=O)COC(=O)c1ccc(F)cc1F. The average Bonchev–Trinajstić information content (AvgIpc) is 2.59. The van der Waals surface area contributed by atoms with E-state index in [4.69, 9.17) is 4.74 Å². The zero-order valence-electron chi connectivity index (χ0n) is 15.8. The number of halogens is 2. The van der Waals surface area contributed by atoms with Crippen molar-refractivity contribution in [1.29, 1.82) is 0 Å². The molecular formula is C21H23F2NO3. The van der Waals surface area contributed by atoms with Crippen molar-refractivity contribution in [3.63, 3.8) is 0 Å². The summed E-state index contributed by atoms with van der Waals surface area (Å²) in [6.07, 6.45) is 0. The van der Waals surface area contributed by atoms with Gasteiger partial charge in [0.15, 0.2) is 6.61 Å². The van der Waals surface area contributed by atoms with E-state index in [0.717, 1.165) is 23.3 Å². The summed E-state index contributed by atoms with van der Waals surface area (Å²) in [7, 11) is 0. The molecule has 2 rings (SSSR count). The van der Waals surface area contributed by atoms with Crippen LogP contribution in [0.3, 0.4) is 0 Å². The first-order chi connectivity index (χ1) is 12.7. The summed E-state index contributed by atoms with van der Waals surface area (Å²) in [5.74, 6) is -3.00. The molecule has 1 amide bonds. The van der Waals surface area contributed by atoms with Crippen LogP contribution in [-0.2, 0) is 9.53 Å². The van der Waals surface area contributed by atoms with E-state index in [2.05, 4.69) is 5.32 Å².